The number of fused-ring (bicyclic) bond motifs is 1. The van der Waals surface area contributed by atoms with Crippen LogP contribution < -0.4 is 5.32 Å². The summed E-state index contributed by atoms with van der Waals surface area (Å²) in [7, 11) is 0. The van der Waals surface area contributed by atoms with E-state index >= 15 is 0 Å². The molecule has 0 radical (unpaired) electrons. The average Bonchev–Trinajstić information content (AvgIpc) is 3.47. The Labute approximate surface area is 155 Å². The molecule has 1 atom stereocenters. The molecule has 2 aromatic heterocycles. The number of aromatic nitrogens is 5. The lowest BCUT2D eigenvalue weighted by Crippen LogP contribution is -2.14. The number of hydrogen-bond donors (Lipinski definition) is 3. The second-order valence-corrected chi connectivity index (χ2v) is 6.71. The molecule has 0 bridgehead atoms. The summed E-state index contributed by atoms with van der Waals surface area (Å²) < 4.78 is 0. The van der Waals surface area contributed by atoms with E-state index in [2.05, 4.69) is 42.8 Å². The highest BCUT2D eigenvalue weighted by atomic mass is 15.2. The minimum absolute atomic E-state index is 0.262. The normalized spacial score (nSPS) is 16.6. The third kappa shape index (κ3) is 2.76. The summed E-state index contributed by atoms with van der Waals surface area (Å²) in [4.78, 5) is 4.68. The first-order valence-corrected chi connectivity index (χ1v) is 8.96. The summed E-state index contributed by atoms with van der Waals surface area (Å²) in [6.07, 6.45) is 2.24. The van der Waals surface area contributed by atoms with E-state index in [1.165, 1.54) is 0 Å². The van der Waals surface area contributed by atoms with Crippen LogP contribution >= 0.6 is 0 Å². The van der Waals surface area contributed by atoms with E-state index in [1.54, 1.807) is 12.1 Å². The Balaban J connectivity index is 1.54. The molecule has 27 heavy (non-hydrogen) atoms. The van der Waals surface area contributed by atoms with Gasteiger partial charge in [0.2, 0.25) is 0 Å². The van der Waals surface area contributed by atoms with Gasteiger partial charge in [0.15, 0.2) is 5.82 Å². The molecule has 5 rings (SSSR count). The van der Waals surface area contributed by atoms with Gasteiger partial charge < -0.3 is 5.32 Å². The maximum Gasteiger partial charge on any atom is 0.181 e. The van der Waals surface area contributed by atoms with Gasteiger partial charge in [0.1, 0.15) is 5.82 Å². The van der Waals surface area contributed by atoms with E-state index < -0.39 is 0 Å². The van der Waals surface area contributed by atoms with Gasteiger partial charge in [-0.3, -0.25) is 10.2 Å². The zero-order chi connectivity index (χ0) is 18.2. The van der Waals surface area contributed by atoms with Crippen molar-refractivity contribution in [1.29, 1.82) is 5.26 Å². The zero-order valence-electron chi connectivity index (χ0n) is 14.5. The predicted octanol–water partition coefficient (Wildman–Crippen LogP) is 3.31. The van der Waals surface area contributed by atoms with Crippen molar-refractivity contribution >= 4 is 10.9 Å². The van der Waals surface area contributed by atoms with Crippen molar-refractivity contribution < 1.29 is 0 Å². The van der Waals surface area contributed by atoms with Crippen LogP contribution in [0.2, 0.25) is 0 Å². The Morgan fingerprint density at radius 1 is 1.00 bits per heavy atom. The quantitative estimate of drug-likeness (QED) is 0.523. The molecule has 3 N–H and O–H groups in total. The van der Waals surface area contributed by atoms with Crippen LogP contribution in [0.3, 0.4) is 0 Å². The van der Waals surface area contributed by atoms with E-state index in [1.807, 2.05) is 24.3 Å². The minimum atomic E-state index is 0.262. The summed E-state index contributed by atoms with van der Waals surface area (Å²) in [5.74, 6) is 1.58. The van der Waals surface area contributed by atoms with Gasteiger partial charge in [-0.1, -0.05) is 12.1 Å². The van der Waals surface area contributed by atoms with Gasteiger partial charge in [0.25, 0.3) is 0 Å². The Hall–Kier alpha value is -3.50. The van der Waals surface area contributed by atoms with Gasteiger partial charge in [0, 0.05) is 16.5 Å². The van der Waals surface area contributed by atoms with Crippen molar-refractivity contribution in [2.45, 2.75) is 18.9 Å². The number of aromatic amines is 2. The molecule has 0 saturated carbocycles. The molecule has 1 aliphatic heterocycles. The van der Waals surface area contributed by atoms with Gasteiger partial charge in [-0.15, -0.1) is 0 Å². The molecule has 1 fully saturated rings. The fourth-order valence-corrected chi connectivity index (χ4v) is 3.55. The van der Waals surface area contributed by atoms with E-state index in [9.17, 15) is 0 Å². The Morgan fingerprint density at radius 2 is 1.85 bits per heavy atom. The van der Waals surface area contributed by atoms with Crippen molar-refractivity contribution in [2.24, 2.45) is 0 Å². The van der Waals surface area contributed by atoms with Crippen LogP contribution in [0.1, 0.15) is 30.3 Å². The van der Waals surface area contributed by atoms with Gasteiger partial charge >= 0.3 is 0 Å². The topological polar surface area (TPSA) is 106 Å². The molecule has 0 amide bonds. The number of nitriles is 1. The molecule has 7 heteroatoms. The maximum absolute atomic E-state index is 8.98. The van der Waals surface area contributed by atoms with Crippen molar-refractivity contribution in [3.8, 4) is 28.7 Å². The second kappa shape index (κ2) is 6.34. The van der Waals surface area contributed by atoms with Gasteiger partial charge in [-0.2, -0.15) is 15.5 Å². The summed E-state index contributed by atoms with van der Waals surface area (Å²) >= 11 is 0. The number of nitrogens with one attached hydrogen (secondary N) is 3. The summed E-state index contributed by atoms with van der Waals surface area (Å²) in [5.41, 5.74) is 4.34. The van der Waals surface area contributed by atoms with Crippen molar-refractivity contribution in [3.05, 3.63) is 53.9 Å². The highest BCUT2D eigenvalue weighted by Gasteiger charge is 2.20. The SMILES string of the molecule is N#Cc1ccc(-c2n[nH]c3ccc(-c4n[nH]c(C5CCCN5)n4)cc23)cc1. The number of benzene rings is 2. The monoisotopic (exact) mass is 355 g/mol. The Kier molecular flexibility index (Phi) is 3.69. The lowest BCUT2D eigenvalue weighted by atomic mass is 10.0. The molecule has 7 nitrogen and oxygen atoms in total. The highest BCUT2D eigenvalue weighted by molar-refractivity contribution is 5.95. The molecule has 1 saturated heterocycles. The molecular weight excluding hydrogens is 338 g/mol. The molecule has 2 aromatic carbocycles. The van der Waals surface area contributed by atoms with Gasteiger partial charge in [0.05, 0.1) is 28.9 Å². The average molecular weight is 355 g/mol. The minimum Gasteiger partial charge on any atom is -0.307 e. The van der Waals surface area contributed by atoms with Gasteiger partial charge in [-0.05, 0) is 49.7 Å². The molecular formula is C20H17N7. The van der Waals surface area contributed by atoms with Crippen molar-refractivity contribution in [2.75, 3.05) is 6.54 Å². The first-order valence-electron chi connectivity index (χ1n) is 8.96. The molecule has 4 aromatic rings. The summed E-state index contributed by atoms with van der Waals surface area (Å²) in [6, 6.07) is 15.9. The molecule has 0 spiro atoms. The number of rotatable bonds is 3. The molecule has 1 unspecified atom stereocenters. The van der Waals surface area contributed by atoms with Gasteiger partial charge in [-0.25, -0.2) is 4.98 Å². The predicted molar refractivity (Wildman–Crippen MR) is 102 cm³/mol. The van der Waals surface area contributed by atoms with Crippen LogP contribution in [0.4, 0.5) is 0 Å². The lowest BCUT2D eigenvalue weighted by Gasteiger charge is -2.03. The fraction of sp³-hybridized carbons (Fsp3) is 0.200. The van der Waals surface area contributed by atoms with E-state index in [-0.39, 0.29) is 6.04 Å². The Morgan fingerprint density at radius 3 is 2.63 bits per heavy atom. The maximum atomic E-state index is 8.98. The van der Waals surface area contributed by atoms with E-state index in [0.29, 0.717) is 11.4 Å². The van der Waals surface area contributed by atoms with Crippen LogP contribution in [0.25, 0.3) is 33.5 Å². The van der Waals surface area contributed by atoms with Crippen molar-refractivity contribution in [1.82, 2.24) is 30.7 Å². The largest absolute Gasteiger partial charge is 0.307 e. The fourth-order valence-electron chi connectivity index (χ4n) is 3.55. The second-order valence-electron chi connectivity index (χ2n) is 6.71. The first-order chi connectivity index (χ1) is 13.3. The molecule has 132 valence electrons. The lowest BCUT2D eigenvalue weighted by molar-refractivity contribution is 0.608. The van der Waals surface area contributed by atoms with Crippen LogP contribution in [-0.4, -0.2) is 31.9 Å². The number of hydrogen-bond acceptors (Lipinski definition) is 5. The molecule has 1 aliphatic rings. The van der Waals surface area contributed by atoms with Crippen molar-refractivity contribution in [3.63, 3.8) is 0 Å². The third-order valence-electron chi connectivity index (χ3n) is 5.00. The van der Waals surface area contributed by atoms with Crippen LogP contribution in [0, 0.1) is 11.3 Å². The van der Waals surface area contributed by atoms with Crippen LogP contribution in [0.5, 0.6) is 0 Å². The summed E-state index contributed by atoms with van der Waals surface area (Å²) in [5, 5.41) is 28.4. The van der Waals surface area contributed by atoms with E-state index in [0.717, 1.165) is 52.9 Å². The van der Waals surface area contributed by atoms with Crippen LogP contribution in [0.15, 0.2) is 42.5 Å². The van der Waals surface area contributed by atoms with E-state index in [4.69, 9.17) is 5.26 Å². The smallest absolute Gasteiger partial charge is 0.181 e. The highest BCUT2D eigenvalue weighted by Crippen LogP contribution is 2.30. The third-order valence-corrected chi connectivity index (χ3v) is 5.00. The summed E-state index contributed by atoms with van der Waals surface area (Å²) in [6.45, 7) is 1.02. The Bertz CT molecular complexity index is 1140. The number of nitrogens with zero attached hydrogens (tertiary/aromatic N) is 4. The number of H-pyrrole nitrogens is 2. The zero-order valence-corrected chi connectivity index (χ0v) is 14.5. The standard InChI is InChI=1S/C20H17N7/c21-11-12-3-5-13(6-4-12)18-15-10-14(7-8-16(15)24-25-18)19-23-20(27-26-19)17-2-1-9-22-17/h3-8,10,17,22H,1-2,9H2,(H,24,25)(H,23,26,27). The van der Waals surface area contributed by atoms with Crippen LogP contribution in [-0.2, 0) is 0 Å². The first kappa shape index (κ1) is 15.7. The molecule has 3 heterocycles. The molecule has 0 aliphatic carbocycles.